The van der Waals surface area contributed by atoms with Crippen molar-refractivity contribution in [3.8, 4) is 56.9 Å². The number of benzene rings is 2. The first-order chi connectivity index (χ1) is 31.6. The lowest BCUT2D eigenvalue weighted by Gasteiger charge is -2.31. The fourth-order valence-corrected chi connectivity index (χ4v) is 9.67. The van der Waals surface area contributed by atoms with Gasteiger partial charge in [-0.25, -0.2) is 9.36 Å². The van der Waals surface area contributed by atoms with Gasteiger partial charge in [-0.05, 0) is 88.6 Å². The maximum absolute atomic E-state index is 13.5. The number of hydrogen-bond acceptors (Lipinski definition) is 12. The molecular weight excluding hydrogens is 877 g/mol. The number of aromatic nitrogens is 4. The molecule has 14 nitrogen and oxygen atoms in total. The summed E-state index contributed by atoms with van der Waals surface area (Å²) in [5, 5.41) is 17.7. The average molecular weight is 933 g/mol. The van der Waals surface area contributed by atoms with E-state index in [1.54, 1.807) is 46.7 Å². The lowest BCUT2D eigenvalue weighted by Crippen LogP contribution is -2.43. The SMILES string of the molecule is COc1cc2c(cc1C1=CCOC1)-c1c(c(C(=O)N(C)C(C)(C)C)nn1-c1ccsc1)CO2.COc1cc2c(cc1C1CCOC1)-c1c(c(C(=O)N(C)C(C)(C)C)nn1-c1ccsc1)CO2. The van der Waals surface area contributed by atoms with Gasteiger partial charge in [0.1, 0.15) is 36.2 Å². The summed E-state index contributed by atoms with van der Waals surface area (Å²) in [7, 11) is 6.97. The van der Waals surface area contributed by atoms with Gasteiger partial charge < -0.3 is 38.2 Å². The highest BCUT2D eigenvalue weighted by atomic mass is 32.1. The zero-order valence-corrected chi connectivity index (χ0v) is 40.8. The zero-order chi connectivity index (χ0) is 46.7. The Balaban J connectivity index is 0.000000166. The summed E-state index contributed by atoms with van der Waals surface area (Å²) in [6.07, 6.45) is 3.02. The fourth-order valence-electron chi connectivity index (χ4n) is 8.45. The third-order valence-electron chi connectivity index (χ3n) is 12.8. The zero-order valence-electron chi connectivity index (χ0n) is 39.1. The summed E-state index contributed by atoms with van der Waals surface area (Å²) >= 11 is 3.19. The Hall–Kier alpha value is -5.94. The summed E-state index contributed by atoms with van der Waals surface area (Å²) in [4.78, 5) is 30.4. The Kier molecular flexibility index (Phi) is 12.1. The van der Waals surface area contributed by atoms with Crippen LogP contribution in [0, 0.1) is 0 Å². The van der Waals surface area contributed by atoms with Crippen molar-refractivity contribution in [2.24, 2.45) is 0 Å². The molecule has 1 saturated heterocycles. The lowest BCUT2D eigenvalue weighted by molar-refractivity contribution is 0.0637. The number of carbonyl (C=O) groups is 2. The Morgan fingerprint density at radius 3 is 1.68 bits per heavy atom. The van der Waals surface area contributed by atoms with Crippen molar-refractivity contribution in [3.05, 3.63) is 97.6 Å². The molecule has 0 spiro atoms. The normalized spacial score (nSPS) is 16.1. The second-order valence-electron chi connectivity index (χ2n) is 18.7. The van der Waals surface area contributed by atoms with Crippen molar-refractivity contribution in [2.45, 2.75) is 78.2 Å². The third-order valence-corrected chi connectivity index (χ3v) is 14.1. The molecule has 4 aliphatic rings. The molecule has 16 heteroatoms. The number of nitrogens with zero attached hydrogens (tertiary/aromatic N) is 6. The van der Waals surface area contributed by atoms with Crippen molar-refractivity contribution >= 4 is 40.1 Å². The van der Waals surface area contributed by atoms with Crippen molar-refractivity contribution < 1.29 is 38.0 Å². The number of hydrogen-bond donors (Lipinski definition) is 0. The van der Waals surface area contributed by atoms with Crippen LogP contribution in [0.5, 0.6) is 23.0 Å². The summed E-state index contributed by atoms with van der Waals surface area (Å²) in [5.41, 5.74) is 10.4. The van der Waals surface area contributed by atoms with Crippen molar-refractivity contribution in [1.29, 1.82) is 0 Å². The van der Waals surface area contributed by atoms with Crippen LogP contribution < -0.4 is 18.9 Å². The number of ether oxygens (including phenoxy) is 6. The minimum atomic E-state index is -0.334. The minimum absolute atomic E-state index is 0.113. The van der Waals surface area contributed by atoms with Crippen LogP contribution in [-0.4, -0.2) is 107 Å². The second kappa shape index (κ2) is 17.7. The van der Waals surface area contributed by atoms with E-state index in [2.05, 4.69) is 18.2 Å². The predicted molar refractivity (Wildman–Crippen MR) is 256 cm³/mol. The Morgan fingerprint density at radius 2 is 1.24 bits per heavy atom. The maximum Gasteiger partial charge on any atom is 0.274 e. The predicted octanol–water partition coefficient (Wildman–Crippen LogP) is 9.66. The van der Waals surface area contributed by atoms with Crippen molar-refractivity contribution in [3.63, 3.8) is 0 Å². The van der Waals surface area contributed by atoms with Gasteiger partial charge in [0.25, 0.3) is 11.8 Å². The first kappa shape index (κ1) is 45.2. The van der Waals surface area contributed by atoms with E-state index in [4.69, 9.17) is 38.6 Å². The third kappa shape index (κ3) is 8.18. The van der Waals surface area contributed by atoms with Crippen LogP contribution in [0.25, 0.3) is 39.5 Å². The lowest BCUT2D eigenvalue weighted by atomic mass is 9.92. The summed E-state index contributed by atoms with van der Waals surface area (Å²) in [5.74, 6) is 3.01. The van der Waals surface area contributed by atoms with E-state index in [-0.39, 0.29) is 42.0 Å². The molecule has 1 atom stereocenters. The van der Waals surface area contributed by atoms with Gasteiger partial charge in [0, 0.05) is 94.0 Å². The van der Waals surface area contributed by atoms with E-state index in [9.17, 15) is 9.59 Å². The van der Waals surface area contributed by atoms with Gasteiger partial charge in [0.15, 0.2) is 11.4 Å². The smallest absolute Gasteiger partial charge is 0.274 e. The first-order valence-corrected chi connectivity index (χ1v) is 23.9. The van der Waals surface area contributed by atoms with Gasteiger partial charge in [-0.15, -0.1) is 0 Å². The van der Waals surface area contributed by atoms with Gasteiger partial charge in [0.05, 0.1) is 56.8 Å². The van der Waals surface area contributed by atoms with E-state index in [0.717, 1.165) is 92.0 Å². The molecule has 0 bridgehead atoms. The number of fused-ring (bicyclic) bond motifs is 6. The van der Waals surface area contributed by atoms with E-state index in [1.807, 2.05) is 111 Å². The molecule has 4 aliphatic heterocycles. The van der Waals surface area contributed by atoms with Crippen molar-refractivity contribution in [2.75, 3.05) is 54.7 Å². The molecule has 346 valence electrons. The Bertz CT molecular complexity index is 2820. The number of amides is 2. The van der Waals surface area contributed by atoms with E-state index < -0.39 is 0 Å². The van der Waals surface area contributed by atoms with Gasteiger partial charge in [0.2, 0.25) is 0 Å². The standard InChI is InChI=1S/C25H29N3O4S.C25H27N3O4S/c2*1-25(2,3)27(4)24(29)22-19-13-32-21-11-20(30-5)17(15-6-8-31-12-15)10-18(21)23(19)28(26-22)16-7-9-33-14-16/h7,9-11,14-15H,6,8,12-13H2,1-5H3;6-7,9-11,14H,8,12-13H2,1-5H3. The van der Waals surface area contributed by atoms with Crippen LogP contribution in [0.2, 0.25) is 0 Å². The number of thiophene rings is 2. The average Bonchev–Trinajstić information content (AvgIpc) is 4.16. The highest BCUT2D eigenvalue weighted by Gasteiger charge is 2.37. The molecule has 8 heterocycles. The molecule has 0 N–H and O–H groups in total. The minimum Gasteiger partial charge on any atom is -0.496 e. The first-order valence-electron chi connectivity index (χ1n) is 22.0. The molecule has 2 aromatic carbocycles. The quantitative estimate of drug-likeness (QED) is 0.145. The van der Waals surface area contributed by atoms with Gasteiger partial charge >= 0.3 is 0 Å². The molecule has 1 unspecified atom stereocenters. The van der Waals surface area contributed by atoms with Crippen LogP contribution in [0.3, 0.4) is 0 Å². The Morgan fingerprint density at radius 1 is 0.712 bits per heavy atom. The van der Waals surface area contributed by atoms with E-state index in [1.165, 1.54) is 0 Å². The molecule has 66 heavy (non-hydrogen) atoms. The summed E-state index contributed by atoms with van der Waals surface area (Å²) < 4.78 is 38.6. The summed E-state index contributed by atoms with van der Waals surface area (Å²) in [6, 6.07) is 12.1. The Labute approximate surface area is 393 Å². The van der Waals surface area contributed by atoms with E-state index >= 15 is 0 Å². The fraction of sp³-hybridized carbons (Fsp3) is 0.400. The number of methoxy groups -OCH3 is 2. The van der Waals surface area contributed by atoms with Crippen LogP contribution >= 0.6 is 22.7 Å². The van der Waals surface area contributed by atoms with E-state index in [0.29, 0.717) is 37.0 Å². The number of rotatable bonds is 8. The molecule has 1 fully saturated rings. The van der Waals surface area contributed by atoms with Crippen LogP contribution in [-0.2, 0) is 22.7 Å². The monoisotopic (exact) mass is 932 g/mol. The molecule has 0 saturated carbocycles. The van der Waals surface area contributed by atoms with Crippen LogP contribution in [0.1, 0.15) is 97.1 Å². The molecule has 4 aromatic heterocycles. The largest absolute Gasteiger partial charge is 0.496 e. The molecule has 6 aromatic rings. The maximum atomic E-state index is 13.5. The van der Waals surface area contributed by atoms with Crippen LogP contribution in [0.15, 0.2) is 64.0 Å². The van der Waals surface area contributed by atoms with Gasteiger partial charge in [-0.2, -0.15) is 32.9 Å². The molecule has 2 amide bonds. The molecule has 10 rings (SSSR count). The number of carbonyl (C=O) groups excluding carboxylic acids is 2. The highest BCUT2D eigenvalue weighted by molar-refractivity contribution is 7.08. The van der Waals surface area contributed by atoms with Gasteiger partial charge in [-0.3, -0.25) is 9.59 Å². The second-order valence-corrected chi connectivity index (χ2v) is 20.3. The molecule has 0 radical (unpaired) electrons. The van der Waals surface area contributed by atoms with Crippen LogP contribution in [0.4, 0.5) is 0 Å². The molecule has 0 aliphatic carbocycles. The highest BCUT2D eigenvalue weighted by Crippen LogP contribution is 2.48. The topological polar surface area (TPSA) is 132 Å². The van der Waals surface area contributed by atoms with Crippen molar-refractivity contribution in [1.82, 2.24) is 29.4 Å². The molecular formula is C50H56N6O8S2. The van der Waals surface area contributed by atoms with Gasteiger partial charge in [-0.1, -0.05) is 6.08 Å². The summed E-state index contributed by atoms with van der Waals surface area (Å²) in [6.45, 7) is 15.2.